The van der Waals surface area contributed by atoms with Crippen molar-refractivity contribution in [1.29, 1.82) is 0 Å². The number of amides is 5. The van der Waals surface area contributed by atoms with Crippen molar-refractivity contribution < 1.29 is 19.2 Å². The average molecular weight is 296 g/mol. The van der Waals surface area contributed by atoms with Crippen LogP contribution < -0.4 is 5.32 Å². The third kappa shape index (κ3) is 3.71. The maximum absolute atomic E-state index is 12.0. The lowest BCUT2D eigenvalue weighted by molar-refractivity contribution is -0.132. The maximum Gasteiger partial charge on any atom is 0.326 e. The Hall–Kier alpha value is -2.12. The van der Waals surface area contributed by atoms with Crippen LogP contribution >= 0.6 is 0 Å². The summed E-state index contributed by atoms with van der Waals surface area (Å²) in [5.74, 6) is -0.305. The Kier molecular flexibility index (Phi) is 4.77. The predicted octanol–water partition coefficient (Wildman–Crippen LogP) is -0.991. The number of nitrogens with zero attached hydrogens (tertiary/aromatic N) is 3. The third-order valence-electron chi connectivity index (χ3n) is 3.67. The quantitative estimate of drug-likeness (QED) is 0.674. The van der Waals surface area contributed by atoms with E-state index in [-0.39, 0.29) is 43.3 Å². The standard InChI is InChI=1S/C13H20N4O4/c1-15-9-12(20)17(13(15)21)6-2-3-11(19)16-7-4-10(18)14-5-8-16/h2-9H2,1H3,(H,14,18). The van der Waals surface area contributed by atoms with E-state index in [9.17, 15) is 19.2 Å². The highest BCUT2D eigenvalue weighted by Gasteiger charge is 2.33. The van der Waals surface area contributed by atoms with Gasteiger partial charge in [0.25, 0.3) is 0 Å². The van der Waals surface area contributed by atoms with Crippen LogP contribution in [0.4, 0.5) is 4.79 Å². The number of urea groups is 1. The van der Waals surface area contributed by atoms with Crippen LogP contribution in [-0.2, 0) is 14.4 Å². The first kappa shape index (κ1) is 15.3. The van der Waals surface area contributed by atoms with Crippen LogP contribution in [0.25, 0.3) is 0 Å². The van der Waals surface area contributed by atoms with Gasteiger partial charge in [0.1, 0.15) is 6.54 Å². The van der Waals surface area contributed by atoms with E-state index in [1.165, 1.54) is 9.80 Å². The molecule has 21 heavy (non-hydrogen) atoms. The predicted molar refractivity (Wildman–Crippen MR) is 73.2 cm³/mol. The fourth-order valence-corrected chi connectivity index (χ4v) is 2.45. The van der Waals surface area contributed by atoms with Crippen molar-refractivity contribution in [2.24, 2.45) is 0 Å². The SMILES string of the molecule is CN1CC(=O)N(CCCC(=O)N2CCNC(=O)CC2)C1=O. The van der Waals surface area contributed by atoms with E-state index in [2.05, 4.69) is 5.32 Å². The van der Waals surface area contributed by atoms with Gasteiger partial charge in [-0.25, -0.2) is 4.79 Å². The monoisotopic (exact) mass is 296 g/mol. The minimum absolute atomic E-state index is 0.0402. The number of imide groups is 1. The van der Waals surface area contributed by atoms with Gasteiger partial charge < -0.3 is 15.1 Å². The highest BCUT2D eigenvalue weighted by Crippen LogP contribution is 2.10. The van der Waals surface area contributed by atoms with Gasteiger partial charge in [-0.05, 0) is 6.42 Å². The molecule has 0 aliphatic carbocycles. The first-order valence-electron chi connectivity index (χ1n) is 7.09. The molecule has 8 nitrogen and oxygen atoms in total. The van der Waals surface area contributed by atoms with Gasteiger partial charge in [0.15, 0.2) is 0 Å². The number of hydrogen-bond acceptors (Lipinski definition) is 4. The summed E-state index contributed by atoms with van der Waals surface area (Å²) >= 11 is 0. The highest BCUT2D eigenvalue weighted by molar-refractivity contribution is 6.01. The number of nitrogens with one attached hydrogen (secondary N) is 1. The van der Waals surface area contributed by atoms with E-state index in [1.807, 2.05) is 0 Å². The molecule has 1 N–H and O–H groups in total. The fourth-order valence-electron chi connectivity index (χ4n) is 2.45. The lowest BCUT2D eigenvalue weighted by Gasteiger charge is -2.20. The topological polar surface area (TPSA) is 90.0 Å². The molecule has 2 rings (SSSR count). The average Bonchev–Trinajstić information content (AvgIpc) is 2.61. The molecule has 2 aliphatic rings. The van der Waals surface area contributed by atoms with Gasteiger partial charge in [0, 0.05) is 46.1 Å². The molecule has 0 aromatic rings. The van der Waals surface area contributed by atoms with Crippen LogP contribution in [0.5, 0.6) is 0 Å². The normalized spacial score (nSPS) is 19.9. The third-order valence-corrected chi connectivity index (χ3v) is 3.67. The minimum Gasteiger partial charge on any atom is -0.354 e. The Morgan fingerprint density at radius 3 is 2.67 bits per heavy atom. The van der Waals surface area contributed by atoms with E-state index >= 15 is 0 Å². The highest BCUT2D eigenvalue weighted by atomic mass is 16.2. The zero-order valence-corrected chi connectivity index (χ0v) is 12.1. The molecule has 0 spiro atoms. The molecule has 116 valence electrons. The van der Waals surface area contributed by atoms with Crippen LogP contribution in [-0.4, -0.2) is 78.2 Å². The second-order valence-electron chi connectivity index (χ2n) is 5.27. The number of carbonyl (C=O) groups is 4. The molecular weight excluding hydrogens is 276 g/mol. The molecule has 0 atom stereocenters. The second-order valence-corrected chi connectivity index (χ2v) is 5.27. The Labute approximate surface area is 123 Å². The summed E-state index contributed by atoms with van der Waals surface area (Å²) in [5.41, 5.74) is 0. The zero-order chi connectivity index (χ0) is 15.4. The molecule has 0 aromatic heterocycles. The van der Waals surface area contributed by atoms with Crippen molar-refractivity contribution in [3.63, 3.8) is 0 Å². The van der Waals surface area contributed by atoms with Crippen LogP contribution in [0, 0.1) is 0 Å². The largest absolute Gasteiger partial charge is 0.354 e. The maximum atomic E-state index is 12.0. The molecule has 2 aliphatic heterocycles. The molecular formula is C13H20N4O4. The van der Waals surface area contributed by atoms with Crippen LogP contribution in [0.15, 0.2) is 0 Å². The summed E-state index contributed by atoms with van der Waals surface area (Å²) in [7, 11) is 1.58. The Morgan fingerprint density at radius 2 is 2.00 bits per heavy atom. The van der Waals surface area contributed by atoms with Gasteiger partial charge in [-0.15, -0.1) is 0 Å². The van der Waals surface area contributed by atoms with Crippen LogP contribution in [0.1, 0.15) is 19.3 Å². The second kappa shape index (κ2) is 6.55. The van der Waals surface area contributed by atoms with Crippen molar-refractivity contribution in [3.8, 4) is 0 Å². The smallest absolute Gasteiger partial charge is 0.326 e. The molecule has 8 heteroatoms. The van der Waals surface area contributed by atoms with Crippen molar-refractivity contribution in [3.05, 3.63) is 0 Å². The number of likely N-dealkylation sites (N-methyl/N-ethyl adjacent to an activating group) is 1. The van der Waals surface area contributed by atoms with E-state index in [4.69, 9.17) is 0 Å². The van der Waals surface area contributed by atoms with Gasteiger partial charge in [0.05, 0.1) is 0 Å². The minimum atomic E-state index is -0.308. The molecule has 0 saturated carbocycles. The van der Waals surface area contributed by atoms with Gasteiger partial charge in [-0.1, -0.05) is 0 Å². The van der Waals surface area contributed by atoms with Crippen molar-refractivity contribution in [1.82, 2.24) is 20.0 Å². The number of rotatable bonds is 4. The summed E-state index contributed by atoms with van der Waals surface area (Å²) in [6, 6.07) is -0.308. The summed E-state index contributed by atoms with van der Waals surface area (Å²) in [6.45, 7) is 1.77. The van der Waals surface area contributed by atoms with Crippen molar-refractivity contribution >= 4 is 23.8 Å². The van der Waals surface area contributed by atoms with Crippen molar-refractivity contribution in [2.45, 2.75) is 19.3 Å². The van der Waals surface area contributed by atoms with E-state index < -0.39 is 0 Å². The van der Waals surface area contributed by atoms with E-state index in [1.54, 1.807) is 11.9 Å². The van der Waals surface area contributed by atoms with Gasteiger partial charge in [0.2, 0.25) is 17.7 Å². The molecule has 2 saturated heterocycles. The number of hydrogen-bond donors (Lipinski definition) is 1. The first-order chi connectivity index (χ1) is 9.99. The van der Waals surface area contributed by atoms with Crippen molar-refractivity contribution in [2.75, 3.05) is 39.8 Å². The summed E-state index contributed by atoms with van der Waals surface area (Å²) in [5, 5.41) is 2.71. The fraction of sp³-hybridized carbons (Fsp3) is 0.692. The molecule has 0 bridgehead atoms. The van der Waals surface area contributed by atoms with Gasteiger partial charge in [-0.2, -0.15) is 0 Å². The molecule has 0 radical (unpaired) electrons. The summed E-state index contributed by atoms with van der Waals surface area (Å²) < 4.78 is 0. The lowest BCUT2D eigenvalue weighted by Crippen LogP contribution is -2.36. The summed E-state index contributed by atoms with van der Waals surface area (Å²) in [4.78, 5) is 50.7. The van der Waals surface area contributed by atoms with Crippen LogP contribution in [0.2, 0.25) is 0 Å². The summed E-state index contributed by atoms with van der Waals surface area (Å²) in [6.07, 6.45) is 1.04. The lowest BCUT2D eigenvalue weighted by atomic mass is 10.2. The van der Waals surface area contributed by atoms with Crippen LogP contribution in [0.3, 0.4) is 0 Å². The first-order valence-corrected chi connectivity index (χ1v) is 7.09. The Bertz CT molecular complexity index is 465. The molecule has 0 unspecified atom stereocenters. The van der Waals surface area contributed by atoms with E-state index in [0.29, 0.717) is 32.5 Å². The molecule has 2 heterocycles. The van der Waals surface area contributed by atoms with E-state index in [0.717, 1.165) is 0 Å². The zero-order valence-electron chi connectivity index (χ0n) is 12.1. The van der Waals surface area contributed by atoms with Gasteiger partial charge in [-0.3, -0.25) is 19.3 Å². The molecule has 2 fully saturated rings. The Balaban J connectivity index is 1.75. The molecule has 5 amide bonds. The molecule has 0 aromatic carbocycles. The Morgan fingerprint density at radius 1 is 1.24 bits per heavy atom. The number of carbonyl (C=O) groups excluding carboxylic acids is 4. The van der Waals surface area contributed by atoms with Gasteiger partial charge >= 0.3 is 6.03 Å².